The fourth-order valence-corrected chi connectivity index (χ4v) is 1.68. The van der Waals surface area contributed by atoms with Crippen LogP contribution < -0.4 is 11.2 Å². The van der Waals surface area contributed by atoms with Crippen molar-refractivity contribution in [2.24, 2.45) is 0 Å². The zero-order valence-corrected chi connectivity index (χ0v) is 9.96. The van der Waals surface area contributed by atoms with Crippen LogP contribution in [-0.2, 0) is 9.31 Å². The van der Waals surface area contributed by atoms with Crippen LogP contribution in [0.4, 0.5) is 14.5 Å². The Bertz CT molecular complexity index is 453. The molecule has 1 aromatic rings. The summed E-state index contributed by atoms with van der Waals surface area (Å²) in [4.78, 5) is 0. The second kappa shape index (κ2) is 3.96. The van der Waals surface area contributed by atoms with Crippen LogP contribution in [0.5, 0.6) is 0 Å². The van der Waals surface area contributed by atoms with E-state index < -0.39 is 24.4 Å². The summed E-state index contributed by atoms with van der Waals surface area (Å²) >= 11 is 0. The lowest BCUT2D eigenvalue weighted by molar-refractivity contribution is 0.0842. The highest BCUT2D eigenvalue weighted by Gasteiger charge is 2.46. The molecule has 0 saturated carbocycles. The summed E-state index contributed by atoms with van der Waals surface area (Å²) in [6, 6.07) is 2.29. The van der Waals surface area contributed by atoms with Gasteiger partial charge in [0, 0.05) is 0 Å². The molecule has 1 atom stereocenters. The van der Waals surface area contributed by atoms with Gasteiger partial charge in [0.25, 0.3) is 0 Å². The van der Waals surface area contributed by atoms with Crippen LogP contribution >= 0.6 is 0 Å². The molecule has 1 saturated heterocycles. The van der Waals surface area contributed by atoms with Crippen LogP contribution in [0, 0.1) is 11.6 Å². The predicted molar refractivity (Wildman–Crippen MR) is 61.9 cm³/mol. The van der Waals surface area contributed by atoms with Gasteiger partial charge < -0.3 is 15.0 Å². The molecule has 92 valence electrons. The second-order valence-corrected chi connectivity index (χ2v) is 4.70. The van der Waals surface area contributed by atoms with E-state index in [1.165, 1.54) is 6.07 Å². The van der Waals surface area contributed by atoms with Gasteiger partial charge in [0.1, 0.15) is 11.6 Å². The minimum Gasteiger partial charge on any atom is -0.402 e. The molecule has 2 rings (SSSR count). The summed E-state index contributed by atoms with van der Waals surface area (Å²) in [7, 11) is -1.05. The van der Waals surface area contributed by atoms with Crippen LogP contribution in [0.3, 0.4) is 0 Å². The van der Waals surface area contributed by atoms with Crippen LogP contribution in [0.25, 0.3) is 0 Å². The largest absolute Gasteiger partial charge is 0.500 e. The maximum atomic E-state index is 13.8. The van der Waals surface area contributed by atoms with Gasteiger partial charge in [-0.2, -0.15) is 0 Å². The lowest BCUT2D eigenvalue weighted by Gasteiger charge is -2.21. The summed E-state index contributed by atoms with van der Waals surface area (Å²) in [5.41, 5.74) is 4.44. The SMILES string of the molecule is CC1OB(c2c(F)ccc(N)c2F)OC1(C)C. The standard InChI is InChI=1S/C11H14BF2NO2/c1-6-11(2,3)17-12(16-6)9-7(13)4-5-8(15)10(9)14/h4-6H,15H2,1-3H3. The molecule has 0 radical (unpaired) electrons. The van der Waals surface area contributed by atoms with Gasteiger partial charge >= 0.3 is 7.12 Å². The molecule has 3 nitrogen and oxygen atoms in total. The Labute approximate surface area is 99.0 Å². The third-order valence-corrected chi connectivity index (χ3v) is 3.11. The number of nitrogens with two attached hydrogens (primary N) is 1. The second-order valence-electron chi connectivity index (χ2n) is 4.70. The van der Waals surface area contributed by atoms with Gasteiger partial charge in [-0.05, 0) is 32.9 Å². The molecule has 17 heavy (non-hydrogen) atoms. The molecule has 1 aliphatic heterocycles. The molecule has 0 amide bonds. The van der Waals surface area contributed by atoms with Gasteiger partial charge in [0.15, 0.2) is 0 Å². The average Bonchev–Trinajstić information content (AvgIpc) is 2.48. The normalized spacial score (nSPS) is 23.1. The summed E-state index contributed by atoms with van der Waals surface area (Å²) in [5, 5.41) is 0. The Kier molecular flexibility index (Phi) is 2.87. The quantitative estimate of drug-likeness (QED) is 0.597. The van der Waals surface area contributed by atoms with E-state index in [-0.39, 0.29) is 17.3 Å². The van der Waals surface area contributed by atoms with Crippen molar-refractivity contribution in [2.45, 2.75) is 32.5 Å². The smallest absolute Gasteiger partial charge is 0.402 e. The first-order chi connectivity index (χ1) is 7.83. The summed E-state index contributed by atoms with van der Waals surface area (Å²) in [6.45, 7) is 5.40. The summed E-state index contributed by atoms with van der Waals surface area (Å²) in [6.07, 6.45) is -0.257. The molecule has 1 aliphatic rings. The number of rotatable bonds is 1. The van der Waals surface area contributed by atoms with Crippen molar-refractivity contribution in [1.82, 2.24) is 0 Å². The van der Waals surface area contributed by atoms with Crippen molar-refractivity contribution in [3.8, 4) is 0 Å². The average molecular weight is 241 g/mol. The molecule has 2 N–H and O–H groups in total. The molecule has 0 spiro atoms. The first-order valence-corrected chi connectivity index (χ1v) is 5.39. The van der Waals surface area contributed by atoms with E-state index in [1.54, 1.807) is 20.8 Å². The third-order valence-electron chi connectivity index (χ3n) is 3.11. The van der Waals surface area contributed by atoms with Crippen molar-refractivity contribution in [2.75, 3.05) is 5.73 Å². The Morgan fingerprint density at radius 1 is 1.35 bits per heavy atom. The molecule has 1 fully saturated rings. The third kappa shape index (κ3) is 2.02. The van der Waals surface area contributed by atoms with E-state index in [0.717, 1.165) is 6.07 Å². The number of halogens is 2. The molecule has 0 aliphatic carbocycles. The van der Waals surface area contributed by atoms with Crippen molar-refractivity contribution in [1.29, 1.82) is 0 Å². The molecular weight excluding hydrogens is 227 g/mol. The topological polar surface area (TPSA) is 44.5 Å². The molecular formula is C11H14BF2NO2. The maximum absolute atomic E-state index is 13.8. The van der Waals surface area contributed by atoms with Gasteiger partial charge in [-0.25, -0.2) is 8.78 Å². The van der Waals surface area contributed by atoms with Crippen LogP contribution in [0.2, 0.25) is 0 Å². The molecule has 0 bridgehead atoms. The summed E-state index contributed by atoms with van der Waals surface area (Å²) < 4.78 is 38.3. The summed E-state index contributed by atoms with van der Waals surface area (Å²) in [5.74, 6) is -1.54. The van der Waals surface area contributed by atoms with Crippen molar-refractivity contribution < 1.29 is 18.1 Å². The molecule has 1 aromatic carbocycles. The lowest BCUT2D eigenvalue weighted by Crippen LogP contribution is -2.39. The number of nitrogen functional groups attached to an aromatic ring is 1. The highest BCUT2D eigenvalue weighted by atomic mass is 19.1. The van der Waals surface area contributed by atoms with Crippen molar-refractivity contribution >= 4 is 18.3 Å². The van der Waals surface area contributed by atoms with E-state index in [0.29, 0.717) is 0 Å². The maximum Gasteiger partial charge on any atom is 0.500 e. The zero-order chi connectivity index (χ0) is 12.8. The van der Waals surface area contributed by atoms with Gasteiger partial charge in [0.05, 0.1) is 22.9 Å². The fraction of sp³-hybridized carbons (Fsp3) is 0.455. The Morgan fingerprint density at radius 3 is 2.53 bits per heavy atom. The highest BCUT2D eigenvalue weighted by molar-refractivity contribution is 6.62. The Hall–Kier alpha value is -1.14. The minimum absolute atomic E-state index is 0.119. The Balaban J connectivity index is 2.40. The first kappa shape index (κ1) is 12.3. The number of anilines is 1. The van der Waals surface area contributed by atoms with Gasteiger partial charge in [-0.15, -0.1) is 0 Å². The van der Waals surface area contributed by atoms with E-state index in [4.69, 9.17) is 15.0 Å². The van der Waals surface area contributed by atoms with Crippen LogP contribution in [0.15, 0.2) is 12.1 Å². The van der Waals surface area contributed by atoms with Gasteiger partial charge in [-0.1, -0.05) is 0 Å². The van der Waals surface area contributed by atoms with Crippen molar-refractivity contribution in [3.63, 3.8) is 0 Å². The van der Waals surface area contributed by atoms with E-state index in [1.807, 2.05) is 0 Å². The zero-order valence-electron chi connectivity index (χ0n) is 9.96. The first-order valence-electron chi connectivity index (χ1n) is 5.39. The number of hydrogen-bond donors (Lipinski definition) is 1. The van der Waals surface area contributed by atoms with E-state index in [2.05, 4.69) is 0 Å². The van der Waals surface area contributed by atoms with Crippen LogP contribution in [-0.4, -0.2) is 18.8 Å². The van der Waals surface area contributed by atoms with E-state index in [9.17, 15) is 8.78 Å². The van der Waals surface area contributed by atoms with Crippen molar-refractivity contribution in [3.05, 3.63) is 23.8 Å². The number of hydrogen-bond acceptors (Lipinski definition) is 3. The number of benzene rings is 1. The predicted octanol–water partition coefficient (Wildman–Crippen LogP) is 1.46. The highest BCUT2D eigenvalue weighted by Crippen LogP contribution is 2.28. The minimum atomic E-state index is -1.05. The lowest BCUT2D eigenvalue weighted by atomic mass is 9.78. The Morgan fingerprint density at radius 2 is 2.00 bits per heavy atom. The molecule has 6 heteroatoms. The molecule has 1 heterocycles. The fourth-order valence-electron chi connectivity index (χ4n) is 1.68. The molecule has 0 aromatic heterocycles. The van der Waals surface area contributed by atoms with Crippen LogP contribution in [0.1, 0.15) is 20.8 Å². The van der Waals surface area contributed by atoms with E-state index >= 15 is 0 Å². The molecule has 1 unspecified atom stereocenters. The van der Waals surface area contributed by atoms with Gasteiger partial charge in [0.2, 0.25) is 0 Å². The monoisotopic (exact) mass is 241 g/mol. The van der Waals surface area contributed by atoms with Gasteiger partial charge in [-0.3, -0.25) is 0 Å².